The molecule has 4 nitrogen and oxygen atoms in total. The summed E-state index contributed by atoms with van der Waals surface area (Å²) in [6.07, 6.45) is 0. The van der Waals surface area contributed by atoms with Gasteiger partial charge in [-0.25, -0.2) is 4.98 Å². The van der Waals surface area contributed by atoms with Gasteiger partial charge in [-0.15, -0.1) is 0 Å². The lowest BCUT2D eigenvalue weighted by molar-refractivity contribution is -0.125. The molecule has 2 heterocycles. The molecule has 0 unspecified atom stereocenters. The minimum Gasteiger partial charge on any atom is -0.359 e. The smallest absolute Gasteiger partial charge is 0.226 e. The van der Waals surface area contributed by atoms with Gasteiger partial charge in [0, 0.05) is 20.1 Å². The van der Waals surface area contributed by atoms with E-state index in [1.165, 1.54) is 15.8 Å². The first-order valence-corrected chi connectivity index (χ1v) is 7.25. The van der Waals surface area contributed by atoms with Crippen LogP contribution in [0.25, 0.3) is 10.2 Å². The second kappa shape index (κ2) is 4.49. The molecule has 5 heteroatoms. The second-order valence-corrected chi connectivity index (χ2v) is 6.08. The summed E-state index contributed by atoms with van der Waals surface area (Å²) in [7, 11) is 1.69. The summed E-state index contributed by atoms with van der Waals surface area (Å²) in [6.45, 7) is 5.78. The first-order chi connectivity index (χ1) is 9.10. The average Bonchev–Trinajstić information content (AvgIpc) is 2.76. The predicted molar refractivity (Wildman–Crippen MR) is 78.9 cm³/mol. The van der Waals surface area contributed by atoms with Gasteiger partial charge in [0.2, 0.25) is 5.91 Å². The van der Waals surface area contributed by atoms with E-state index in [2.05, 4.69) is 36.2 Å². The van der Waals surface area contributed by atoms with Gasteiger partial charge in [0.1, 0.15) is 0 Å². The highest BCUT2D eigenvalue weighted by Gasteiger charge is 2.33. The third kappa shape index (κ3) is 1.98. The van der Waals surface area contributed by atoms with Crippen molar-refractivity contribution in [2.24, 2.45) is 5.92 Å². The summed E-state index contributed by atoms with van der Waals surface area (Å²) in [5, 5.41) is 3.73. The number of nitrogens with one attached hydrogen (secondary N) is 1. The third-order valence-electron chi connectivity index (χ3n) is 3.84. The lowest BCUT2D eigenvalue weighted by atomic mass is 10.0. The molecule has 3 rings (SSSR count). The van der Waals surface area contributed by atoms with E-state index in [1.54, 1.807) is 18.4 Å². The van der Waals surface area contributed by atoms with Gasteiger partial charge in [-0.3, -0.25) is 4.79 Å². The van der Waals surface area contributed by atoms with E-state index in [1.807, 2.05) is 0 Å². The van der Waals surface area contributed by atoms with Gasteiger partial charge in [0.25, 0.3) is 0 Å². The van der Waals surface area contributed by atoms with E-state index >= 15 is 0 Å². The van der Waals surface area contributed by atoms with E-state index < -0.39 is 0 Å². The third-order valence-corrected chi connectivity index (χ3v) is 4.92. The molecular formula is C14H17N3OS. The summed E-state index contributed by atoms with van der Waals surface area (Å²) in [4.78, 5) is 18.4. The van der Waals surface area contributed by atoms with Crippen LogP contribution in [0.2, 0.25) is 0 Å². The molecule has 1 aliphatic rings. The number of hydrogen-bond donors (Lipinski definition) is 1. The fraction of sp³-hybridized carbons (Fsp3) is 0.429. The zero-order valence-corrected chi connectivity index (χ0v) is 12.2. The maximum atomic E-state index is 11.5. The number of carbonyl (C=O) groups is 1. The van der Waals surface area contributed by atoms with Gasteiger partial charge >= 0.3 is 0 Å². The molecule has 0 aliphatic carbocycles. The quantitative estimate of drug-likeness (QED) is 0.913. The summed E-state index contributed by atoms with van der Waals surface area (Å²) in [5.74, 6) is 0.240. The van der Waals surface area contributed by atoms with Crippen LogP contribution < -0.4 is 10.2 Å². The van der Waals surface area contributed by atoms with Crippen LogP contribution in [0.5, 0.6) is 0 Å². The van der Waals surface area contributed by atoms with Crippen LogP contribution >= 0.6 is 11.3 Å². The molecule has 0 saturated carbocycles. The van der Waals surface area contributed by atoms with Crippen molar-refractivity contribution in [3.05, 3.63) is 23.3 Å². The van der Waals surface area contributed by atoms with Gasteiger partial charge in [-0.2, -0.15) is 0 Å². The summed E-state index contributed by atoms with van der Waals surface area (Å²) in [5.41, 5.74) is 3.63. The number of carbonyl (C=O) groups excluding carboxylic acids is 1. The predicted octanol–water partition coefficient (Wildman–Crippen LogP) is 2.10. The summed E-state index contributed by atoms with van der Waals surface area (Å²) in [6, 6.07) is 4.28. The van der Waals surface area contributed by atoms with E-state index in [0.29, 0.717) is 0 Å². The number of benzene rings is 1. The van der Waals surface area contributed by atoms with Crippen molar-refractivity contribution in [3.63, 3.8) is 0 Å². The van der Waals surface area contributed by atoms with Crippen molar-refractivity contribution in [2.45, 2.75) is 13.8 Å². The number of aromatic nitrogens is 1. The standard InChI is InChI=1S/C14H17N3OS/c1-8-4-5-11-12(9(8)2)16-14(19-11)17-6-10(7-17)13(18)15-3/h4-5,10H,6-7H2,1-3H3,(H,15,18). The Labute approximate surface area is 116 Å². The van der Waals surface area contributed by atoms with Crippen LogP contribution in [-0.4, -0.2) is 31.0 Å². The molecule has 1 aromatic carbocycles. The molecule has 0 spiro atoms. The van der Waals surface area contributed by atoms with Crippen LogP contribution in [0.4, 0.5) is 5.13 Å². The Kier molecular flexibility index (Phi) is 2.93. The molecule has 0 bridgehead atoms. The van der Waals surface area contributed by atoms with Crippen molar-refractivity contribution in [2.75, 3.05) is 25.0 Å². The monoisotopic (exact) mass is 275 g/mol. The molecule has 100 valence electrons. The van der Waals surface area contributed by atoms with Crippen LogP contribution in [0.15, 0.2) is 12.1 Å². The summed E-state index contributed by atoms with van der Waals surface area (Å²) < 4.78 is 1.22. The van der Waals surface area contributed by atoms with Gasteiger partial charge < -0.3 is 10.2 Å². The van der Waals surface area contributed by atoms with Crippen LogP contribution in [0.1, 0.15) is 11.1 Å². The Hall–Kier alpha value is -1.62. The first-order valence-electron chi connectivity index (χ1n) is 6.43. The highest BCUT2D eigenvalue weighted by molar-refractivity contribution is 7.22. The molecule has 1 aromatic heterocycles. The maximum Gasteiger partial charge on any atom is 0.226 e. The van der Waals surface area contributed by atoms with Crippen molar-refractivity contribution in [1.82, 2.24) is 10.3 Å². The van der Waals surface area contributed by atoms with E-state index in [9.17, 15) is 4.79 Å². The van der Waals surface area contributed by atoms with Crippen LogP contribution in [-0.2, 0) is 4.79 Å². The van der Waals surface area contributed by atoms with Crippen molar-refractivity contribution >= 4 is 32.6 Å². The van der Waals surface area contributed by atoms with E-state index in [4.69, 9.17) is 4.98 Å². The molecule has 1 fully saturated rings. The average molecular weight is 275 g/mol. The Morgan fingerprint density at radius 3 is 2.84 bits per heavy atom. The second-order valence-electron chi connectivity index (χ2n) is 5.07. The Bertz CT molecular complexity index is 643. The van der Waals surface area contributed by atoms with Gasteiger partial charge in [-0.05, 0) is 31.0 Å². The molecule has 0 atom stereocenters. The Morgan fingerprint density at radius 2 is 2.16 bits per heavy atom. The Morgan fingerprint density at radius 1 is 1.42 bits per heavy atom. The number of rotatable bonds is 2. The molecule has 0 radical (unpaired) electrons. The minimum absolute atomic E-state index is 0.111. The van der Waals surface area contributed by atoms with Crippen molar-refractivity contribution in [3.8, 4) is 0 Å². The first kappa shape index (κ1) is 12.4. The topological polar surface area (TPSA) is 45.2 Å². The SMILES string of the molecule is CNC(=O)C1CN(c2nc3c(C)c(C)ccc3s2)C1. The fourth-order valence-corrected chi connectivity index (χ4v) is 3.40. The number of aryl methyl sites for hydroxylation is 2. The highest BCUT2D eigenvalue weighted by atomic mass is 32.1. The number of nitrogens with zero attached hydrogens (tertiary/aromatic N) is 2. The van der Waals surface area contributed by atoms with Crippen molar-refractivity contribution in [1.29, 1.82) is 0 Å². The molecule has 1 N–H and O–H groups in total. The zero-order chi connectivity index (χ0) is 13.6. The van der Waals surface area contributed by atoms with Crippen LogP contribution in [0.3, 0.4) is 0 Å². The Balaban J connectivity index is 1.84. The van der Waals surface area contributed by atoms with Gasteiger partial charge in [0.05, 0.1) is 16.1 Å². The number of thiazole rings is 1. The van der Waals surface area contributed by atoms with E-state index in [0.717, 1.165) is 23.7 Å². The van der Waals surface area contributed by atoms with E-state index in [-0.39, 0.29) is 11.8 Å². The fourth-order valence-electron chi connectivity index (χ4n) is 2.35. The number of anilines is 1. The largest absolute Gasteiger partial charge is 0.359 e. The zero-order valence-electron chi connectivity index (χ0n) is 11.4. The maximum absolute atomic E-state index is 11.5. The normalized spacial score (nSPS) is 15.6. The summed E-state index contributed by atoms with van der Waals surface area (Å²) >= 11 is 1.71. The van der Waals surface area contributed by atoms with Crippen LogP contribution in [0, 0.1) is 19.8 Å². The van der Waals surface area contributed by atoms with Gasteiger partial charge in [-0.1, -0.05) is 17.4 Å². The molecule has 19 heavy (non-hydrogen) atoms. The molecule has 1 amide bonds. The molecule has 2 aromatic rings. The lowest BCUT2D eigenvalue weighted by Crippen LogP contribution is -2.53. The highest BCUT2D eigenvalue weighted by Crippen LogP contribution is 2.34. The van der Waals surface area contributed by atoms with Gasteiger partial charge in [0.15, 0.2) is 5.13 Å². The molecular weight excluding hydrogens is 258 g/mol. The number of fused-ring (bicyclic) bond motifs is 1. The number of amides is 1. The lowest BCUT2D eigenvalue weighted by Gasteiger charge is -2.37. The molecule has 1 saturated heterocycles. The minimum atomic E-state index is 0.111. The molecule has 1 aliphatic heterocycles. The van der Waals surface area contributed by atoms with Crippen molar-refractivity contribution < 1.29 is 4.79 Å². The number of hydrogen-bond acceptors (Lipinski definition) is 4.